The Kier molecular flexibility index (Phi) is 5.67. The Morgan fingerprint density at radius 1 is 1.17 bits per heavy atom. The highest BCUT2D eigenvalue weighted by molar-refractivity contribution is 5.96. The van der Waals surface area contributed by atoms with Gasteiger partial charge in [0.15, 0.2) is 0 Å². The van der Waals surface area contributed by atoms with Crippen molar-refractivity contribution in [3.8, 4) is 0 Å². The van der Waals surface area contributed by atoms with Crippen molar-refractivity contribution in [2.75, 3.05) is 11.9 Å². The average Bonchev–Trinajstić information content (AvgIpc) is 2.50. The highest BCUT2D eigenvalue weighted by Gasteiger charge is 2.21. The predicted molar refractivity (Wildman–Crippen MR) is 90.3 cm³/mol. The Bertz CT molecular complexity index is 700. The number of aliphatic carboxylic acids is 1. The second-order valence-corrected chi connectivity index (χ2v) is 5.59. The normalized spacial score (nSPS) is 13.5. The number of hydrogen-bond donors (Lipinski definition) is 4. The number of rotatable bonds is 7. The van der Waals surface area contributed by atoms with E-state index < -0.39 is 12.0 Å². The van der Waals surface area contributed by atoms with Crippen LogP contribution in [0.2, 0.25) is 0 Å². The first-order chi connectivity index (χ1) is 11.0. The van der Waals surface area contributed by atoms with Crippen LogP contribution in [-0.4, -0.2) is 35.6 Å². The molecule has 2 aromatic carbocycles. The summed E-state index contributed by atoms with van der Waals surface area (Å²) in [5.74, 6) is -1.43. The van der Waals surface area contributed by atoms with Crippen LogP contribution in [0.1, 0.15) is 13.3 Å². The average molecular weight is 315 g/mol. The van der Waals surface area contributed by atoms with E-state index in [0.717, 1.165) is 10.8 Å². The van der Waals surface area contributed by atoms with E-state index in [1.165, 1.54) is 0 Å². The molecule has 122 valence electrons. The summed E-state index contributed by atoms with van der Waals surface area (Å²) in [6.07, 6.45) is -0.158. The Hall–Kier alpha value is -2.44. The summed E-state index contributed by atoms with van der Waals surface area (Å²) in [6.45, 7) is 2.10. The van der Waals surface area contributed by atoms with Gasteiger partial charge in [0.1, 0.15) is 6.04 Å². The zero-order chi connectivity index (χ0) is 16.8. The number of carbonyl (C=O) groups excluding carboxylic acids is 1. The molecule has 0 aliphatic rings. The van der Waals surface area contributed by atoms with Gasteiger partial charge in [-0.3, -0.25) is 9.59 Å². The maximum Gasteiger partial charge on any atom is 0.321 e. The third kappa shape index (κ3) is 5.05. The lowest BCUT2D eigenvalue weighted by Gasteiger charge is -2.16. The van der Waals surface area contributed by atoms with Gasteiger partial charge >= 0.3 is 5.97 Å². The largest absolute Gasteiger partial charge is 0.480 e. The Morgan fingerprint density at radius 3 is 2.52 bits per heavy atom. The van der Waals surface area contributed by atoms with Crippen molar-refractivity contribution in [2.24, 2.45) is 5.73 Å². The molecule has 0 aliphatic carbocycles. The summed E-state index contributed by atoms with van der Waals surface area (Å²) in [6, 6.07) is 12.2. The van der Waals surface area contributed by atoms with Crippen LogP contribution < -0.4 is 16.4 Å². The molecule has 0 saturated carbocycles. The molecule has 6 heteroatoms. The van der Waals surface area contributed by atoms with Gasteiger partial charge in [-0.2, -0.15) is 0 Å². The minimum Gasteiger partial charge on any atom is -0.480 e. The summed E-state index contributed by atoms with van der Waals surface area (Å²) in [5, 5.41) is 16.8. The third-order valence-electron chi connectivity index (χ3n) is 3.41. The molecule has 2 rings (SSSR count). The Morgan fingerprint density at radius 2 is 1.87 bits per heavy atom. The van der Waals surface area contributed by atoms with Crippen LogP contribution in [0.4, 0.5) is 5.69 Å². The molecule has 0 heterocycles. The Labute approximate surface area is 134 Å². The third-order valence-corrected chi connectivity index (χ3v) is 3.41. The molecular formula is C17H21N3O3. The van der Waals surface area contributed by atoms with Gasteiger partial charge in [0.05, 0.1) is 6.42 Å². The van der Waals surface area contributed by atoms with Crippen molar-refractivity contribution < 1.29 is 14.7 Å². The van der Waals surface area contributed by atoms with Gasteiger partial charge < -0.3 is 21.5 Å². The zero-order valence-electron chi connectivity index (χ0n) is 13.0. The number of amides is 1. The standard InChI is InChI=1S/C17H21N3O3/c1-11(18)10-19-15(17(22)23)9-16(21)20-14-7-6-12-4-2-3-5-13(12)8-14/h2-8,11,15,19H,9-10,18H2,1H3,(H,20,21)(H,22,23). The highest BCUT2D eigenvalue weighted by Crippen LogP contribution is 2.19. The van der Waals surface area contributed by atoms with E-state index in [0.29, 0.717) is 12.2 Å². The molecule has 0 aromatic heterocycles. The molecule has 2 aromatic rings. The number of nitrogens with two attached hydrogens (primary N) is 1. The lowest BCUT2D eigenvalue weighted by atomic mass is 10.1. The fourth-order valence-corrected chi connectivity index (χ4v) is 2.24. The zero-order valence-corrected chi connectivity index (χ0v) is 13.0. The van der Waals surface area contributed by atoms with Gasteiger partial charge in [-0.15, -0.1) is 0 Å². The second-order valence-electron chi connectivity index (χ2n) is 5.59. The molecule has 0 bridgehead atoms. The molecule has 2 atom stereocenters. The van der Waals surface area contributed by atoms with Crippen LogP contribution in [-0.2, 0) is 9.59 Å². The minimum atomic E-state index is -1.07. The van der Waals surface area contributed by atoms with E-state index in [1.54, 1.807) is 13.0 Å². The minimum absolute atomic E-state index is 0.158. The molecule has 0 aliphatic heterocycles. The van der Waals surface area contributed by atoms with Crippen molar-refractivity contribution in [1.82, 2.24) is 5.32 Å². The highest BCUT2D eigenvalue weighted by atomic mass is 16.4. The van der Waals surface area contributed by atoms with Gasteiger partial charge in [0.2, 0.25) is 5.91 Å². The van der Waals surface area contributed by atoms with Crippen molar-refractivity contribution in [1.29, 1.82) is 0 Å². The molecule has 0 fully saturated rings. The van der Waals surface area contributed by atoms with Crippen LogP contribution in [0, 0.1) is 0 Å². The van der Waals surface area contributed by atoms with Gasteiger partial charge in [-0.25, -0.2) is 0 Å². The first kappa shape index (κ1) is 16.9. The maximum absolute atomic E-state index is 12.1. The summed E-state index contributed by atoms with van der Waals surface area (Å²) in [7, 11) is 0. The quantitative estimate of drug-likeness (QED) is 0.620. The van der Waals surface area contributed by atoms with Gasteiger partial charge in [0, 0.05) is 18.3 Å². The molecule has 6 nitrogen and oxygen atoms in total. The van der Waals surface area contributed by atoms with Crippen LogP contribution in [0.25, 0.3) is 10.8 Å². The predicted octanol–water partition coefficient (Wildman–Crippen LogP) is 1.56. The molecule has 5 N–H and O–H groups in total. The fourth-order valence-electron chi connectivity index (χ4n) is 2.24. The summed E-state index contributed by atoms with van der Waals surface area (Å²) in [5.41, 5.74) is 6.24. The lowest BCUT2D eigenvalue weighted by Crippen LogP contribution is -2.44. The maximum atomic E-state index is 12.1. The van der Waals surface area contributed by atoms with Crippen molar-refractivity contribution in [3.05, 3.63) is 42.5 Å². The number of benzene rings is 2. The van der Waals surface area contributed by atoms with Crippen LogP contribution in [0.3, 0.4) is 0 Å². The Balaban J connectivity index is 1.99. The first-order valence-electron chi connectivity index (χ1n) is 7.46. The first-order valence-corrected chi connectivity index (χ1v) is 7.46. The number of nitrogens with one attached hydrogen (secondary N) is 2. The molecule has 0 spiro atoms. The van der Waals surface area contributed by atoms with Gasteiger partial charge in [0.25, 0.3) is 0 Å². The second kappa shape index (κ2) is 7.71. The molecule has 23 heavy (non-hydrogen) atoms. The molecule has 2 unspecified atom stereocenters. The smallest absolute Gasteiger partial charge is 0.321 e. The number of anilines is 1. The number of carboxylic acid groups (broad SMARTS) is 1. The van der Waals surface area contributed by atoms with E-state index in [-0.39, 0.29) is 18.4 Å². The van der Waals surface area contributed by atoms with E-state index in [4.69, 9.17) is 10.8 Å². The molecule has 0 radical (unpaired) electrons. The number of carboxylic acids is 1. The van der Waals surface area contributed by atoms with Crippen LogP contribution in [0.5, 0.6) is 0 Å². The van der Waals surface area contributed by atoms with Crippen molar-refractivity contribution in [3.63, 3.8) is 0 Å². The molecule has 1 amide bonds. The fraction of sp³-hybridized carbons (Fsp3) is 0.294. The summed E-state index contributed by atoms with van der Waals surface area (Å²) >= 11 is 0. The number of fused-ring (bicyclic) bond motifs is 1. The lowest BCUT2D eigenvalue weighted by molar-refractivity contribution is -0.141. The topological polar surface area (TPSA) is 104 Å². The van der Waals surface area contributed by atoms with Crippen molar-refractivity contribution in [2.45, 2.75) is 25.4 Å². The van der Waals surface area contributed by atoms with Gasteiger partial charge in [-0.05, 0) is 29.8 Å². The molecule has 0 saturated heterocycles. The van der Waals surface area contributed by atoms with E-state index in [2.05, 4.69) is 10.6 Å². The summed E-state index contributed by atoms with van der Waals surface area (Å²) < 4.78 is 0. The monoisotopic (exact) mass is 315 g/mol. The van der Waals surface area contributed by atoms with Crippen LogP contribution >= 0.6 is 0 Å². The summed E-state index contributed by atoms with van der Waals surface area (Å²) in [4.78, 5) is 23.3. The number of carbonyl (C=O) groups is 2. The van der Waals surface area contributed by atoms with E-state index >= 15 is 0 Å². The molecular weight excluding hydrogens is 294 g/mol. The van der Waals surface area contributed by atoms with E-state index in [1.807, 2.05) is 36.4 Å². The van der Waals surface area contributed by atoms with Crippen molar-refractivity contribution >= 4 is 28.3 Å². The van der Waals surface area contributed by atoms with Gasteiger partial charge in [-0.1, -0.05) is 30.3 Å². The van der Waals surface area contributed by atoms with E-state index in [9.17, 15) is 9.59 Å². The van der Waals surface area contributed by atoms with Crippen LogP contribution in [0.15, 0.2) is 42.5 Å². The number of hydrogen-bond acceptors (Lipinski definition) is 4. The SMILES string of the molecule is CC(N)CNC(CC(=O)Nc1ccc2ccccc2c1)C(=O)O.